The van der Waals surface area contributed by atoms with Crippen LogP contribution in [-0.4, -0.2) is 11.3 Å². The Kier molecular flexibility index (Phi) is 3.45. The molecule has 0 radical (unpaired) electrons. The molecular formula is C10H15F3O. The summed E-state index contributed by atoms with van der Waals surface area (Å²) < 4.78 is 36.8. The highest BCUT2D eigenvalue weighted by Crippen LogP contribution is 2.40. The van der Waals surface area contributed by atoms with Gasteiger partial charge in [0.05, 0.1) is 11.7 Å². The molecule has 1 N–H and O–H groups in total. The van der Waals surface area contributed by atoms with Gasteiger partial charge in [-0.3, -0.25) is 0 Å². The van der Waals surface area contributed by atoms with Crippen LogP contribution in [0.1, 0.15) is 32.1 Å². The van der Waals surface area contributed by atoms with E-state index in [1.807, 2.05) is 0 Å². The molecule has 0 aromatic carbocycles. The van der Waals surface area contributed by atoms with Gasteiger partial charge in [0.15, 0.2) is 0 Å². The van der Waals surface area contributed by atoms with Crippen LogP contribution in [0.3, 0.4) is 0 Å². The second-order valence-corrected chi connectivity index (χ2v) is 4.03. The van der Waals surface area contributed by atoms with Gasteiger partial charge in [-0.15, -0.1) is 0 Å². The van der Waals surface area contributed by atoms with Crippen LogP contribution in [-0.2, 0) is 0 Å². The van der Waals surface area contributed by atoms with Crippen LogP contribution in [0, 0.1) is 11.8 Å². The molecule has 0 heterocycles. The maximum atomic E-state index is 12.3. The first-order valence-corrected chi connectivity index (χ1v) is 4.83. The van der Waals surface area contributed by atoms with Crippen LogP contribution in [0.15, 0.2) is 12.3 Å². The van der Waals surface area contributed by atoms with Crippen LogP contribution < -0.4 is 0 Å². The number of allylic oxidation sites excluding steroid dienone is 1. The summed E-state index contributed by atoms with van der Waals surface area (Å²) in [5.41, 5.74) is 0. The van der Waals surface area contributed by atoms with E-state index in [0.29, 0.717) is 19.3 Å². The largest absolute Gasteiger partial charge is 0.513 e. The van der Waals surface area contributed by atoms with Gasteiger partial charge in [0.2, 0.25) is 0 Å². The molecule has 0 saturated heterocycles. The average molecular weight is 208 g/mol. The minimum atomic E-state index is -4.04. The van der Waals surface area contributed by atoms with Crippen molar-refractivity contribution in [1.29, 1.82) is 0 Å². The number of alkyl halides is 3. The Balaban J connectivity index is 2.35. The summed E-state index contributed by atoms with van der Waals surface area (Å²) in [5, 5.41) is 8.91. The van der Waals surface area contributed by atoms with Crippen molar-refractivity contribution >= 4 is 0 Å². The van der Waals surface area contributed by atoms with Crippen molar-refractivity contribution in [3.05, 3.63) is 12.3 Å². The third-order valence-corrected chi connectivity index (χ3v) is 2.83. The number of rotatable bonds is 2. The van der Waals surface area contributed by atoms with Gasteiger partial charge in [-0.25, -0.2) is 0 Å². The summed E-state index contributed by atoms with van der Waals surface area (Å²) in [5.74, 6) is -0.864. The third kappa shape index (κ3) is 3.24. The molecule has 4 heteroatoms. The van der Waals surface area contributed by atoms with Crippen molar-refractivity contribution in [1.82, 2.24) is 0 Å². The van der Waals surface area contributed by atoms with E-state index >= 15 is 0 Å². The van der Waals surface area contributed by atoms with Crippen molar-refractivity contribution in [2.45, 2.75) is 38.3 Å². The maximum absolute atomic E-state index is 12.3. The summed E-state index contributed by atoms with van der Waals surface area (Å²) in [6.45, 7) is 3.35. The van der Waals surface area contributed by atoms with Gasteiger partial charge in [0.25, 0.3) is 0 Å². The van der Waals surface area contributed by atoms with Gasteiger partial charge >= 0.3 is 6.18 Å². The van der Waals surface area contributed by atoms with Gasteiger partial charge in [0, 0.05) is 6.42 Å². The molecule has 82 valence electrons. The Morgan fingerprint density at radius 1 is 1.21 bits per heavy atom. The van der Waals surface area contributed by atoms with Crippen molar-refractivity contribution < 1.29 is 18.3 Å². The second-order valence-electron chi connectivity index (χ2n) is 4.03. The molecule has 1 saturated carbocycles. The van der Waals surface area contributed by atoms with Crippen LogP contribution in [0.4, 0.5) is 13.2 Å². The maximum Gasteiger partial charge on any atom is 0.391 e. The fraction of sp³-hybridized carbons (Fsp3) is 0.800. The molecule has 1 nitrogen and oxygen atoms in total. The van der Waals surface area contributed by atoms with E-state index in [2.05, 4.69) is 6.58 Å². The van der Waals surface area contributed by atoms with Gasteiger partial charge < -0.3 is 5.11 Å². The molecular weight excluding hydrogens is 193 g/mol. The minimum Gasteiger partial charge on any atom is -0.513 e. The molecule has 1 aliphatic rings. The molecule has 0 bridgehead atoms. The molecule has 0 aliphatic heterocycles. The molecule has 1 rings (SSSR count). The van der Waals surface area contributed by atoms with Crippen LogP contribution >= 0.6 is 0 Å². The van der Waals surface area contributed by atoms with E-state index in [4.69, 9.17) is 5.11 Å². The highest BCUT2D eigenvalue weighted by atomic mass is 19.4. The normalized spacial score (nSPS) is 28.8. The Labute approximate surface area is 81.6 Å². The Hall–Kier alpha value is -0.670. The van der Waals surface area contributed by atoms with E-state index in [0.717, 1.165) is 0 Å². The zero-order valence-electron chi connectivity index (χ0n) is 7.98. The van der Waals surface area contributed by atoms with Crippen molar-refractivity contribution in [2.75, 3.05) is 0 Å². The summed E-state index contributed by atoms with van der Waals surface area (Å²) in [6, 6.07) is 0. The topological polar surface area (TPSA) is 20.2 Å². The number of aliphatic hydroxyl groups excluding tert-OH is 1. The third-order valence-electron chi connectivity index (χ3n) is 2.83. The van der Waals surface area contributed by atoms with Gasteiger partial charge in [0.1, 0.15) is 0 Å². The first-order valence-electron chi connectivity index (χ1n) is 4.83. The molecule has 0 unspecified atom stereocenters. The van der Waals surface area contributed by atoms with Gasteiger partial charge in [-0.2, -0.15) is 13.2 Å². The van der Waals surface area contributed by atoms with Crippen LogP contribution in [0.5, 0.6) is 0 Å². The van der Waals surface area contributed by atoms with Gasteiger partial charge in [-0.05, 0) is 31.6 Å². The standard InChI is InChI=1S/C10H15F3O/c1-7(14)6-8-2-4-9(5-3-8)10(11,12)13/h8-9,14H,1-6H2. The van der Waals surface area contributed by atoms with E-state index in [-0.39, 0.29) is 24.5 Å². The lowest BCUT2D eigenvalue weighted by Crippen LogP contribution is -2.27. The van der Waals surface area contributed by atoms with Crippen molar-refractivity contribution in [3.8, 4) is 0 Å². The zero-order chi connectivity index (χ0) is 10.8. The highest BCUT2D eigenvalue weighted by Gasteiger charge is 2.41. The fourth-order valence-corrected chi connectivity index (χ4v) is 2.03. The SMILES string of the molecule is C=C(O)CC1CCC(C(F)(F)F)CC1. The molecule has 0 amide bonds. The number of halogens is 3. The zero-order valence-corrected chi connectivity index (χ0v) is 7.98. The minimum absolute atomic E-state index is 0.0838. The van der Waals surface area contributed by atoms with E-state index in [1.165, 1.54) is 0 Å². The Morgan fingerprint density at radius 2 is 1.71 bits per heavy atom. The lowest BCUT2D eigenvalue weighted by Gasteiger charge is -2.29. The number of hydrogen-bond acceptors (Lipinski definition) is 1. The molecule has 1 fully saturated rings. The Morgan fingerprint density at radius 3 is 2.07 bits per heavy atom. The van der Waals surface area contributed by atoms with Gasteiger partial charge in [-0.1, -0.05) is 6.58 Å². The monoisotopic (exact) mass is 208 g/mol. The quantitative estimate of drug-likeness (QED) is 0.684. The Bertz CT molecular complexity index is 202. The first kappa shape index (κ1) is 11.4. The van der Waals surface area contributed by atoms with Crippen molar-refractivity contribution in [2.24, 2.45) is 11.8 Å². The van der Waals surface area contributed by atoms with Crippen molar-refractivity contribution in [3.63, 3.8) is 0 Å². The second kappa shape index (κ2) is 4.24. The summed E-state index contributed by atoms with van der Waals surface area (Å²) >= 11 is 0. The first-order chi connectivity index (χ1) is 6.39. The van der Waals surface area contributed by atoms with Crippen LogP contribution in [0.25, 0.3) is 0 Å². The summed E-state index contributed by atoms with van der Waals surface area (Å²) in [7, 11) is 0. The lowest BCUT2D eigenvalue weighted by molar-refractivity contribution is -0.183. The summed E-state index contributed by atoms with van der Waals surface area (Å²) in [4.78, 5) is 0. The number of hydrogen-bond donors (Lipinski definition) is 1. The number of aliphatic hydroxyl groups is 1. The summed E-state index contributed by atoms with van der Waals surface area (Å²) in [6.07, 6.45) is -2.11. The molecule has 14 heavy (non-hydrogen) atoms. The highest BCUT2D eigenvalue weighted by molar-refractivity contribution is 4.86. The molecule has 1 aliphatic carbocycles. The lowest BCUT2D eigenvalue weighted by atomic mass is 9.80. The average Bonchev–Trinajstić information content (AvgIpc) is 2.02. The molecule has 0 atom stereocenters. The molecule has 0 aromatic heterocycles. The predicted octanol–water partition coefficient (Wildman–Crippen LogP) is 3.82. The smallest absolute Gasteiger partial charge is 0.391 e. The predicted molar refractivity (Wildman–Crippen MR) is 47.9 cm³/mol. The van der Waals surface area contributed by atoms with Crippen LogP contribution in [0.2, 0.25) is 0 Å². The van der Waals surface area contributed by atoms with E-state index in [1.54, 1.807) is 0 Å². The fourth-order valence-electron chi connectivity index (χ4n) is 2.03. The molecule has 0 aromatic rings. The molecule has 0 spiro atoms. The van der Waals surface area contributed by atoms with E-state index in [9.17, 15) is 13.2 Å². The van der Waals surface area contributed by atoms with E-state index < -0.39 is 12.1 Å².